The number of aldehydes is 1. The number of halogens is 6. The van der Waals surface area contributed by atoms with Crippen LogP contribution in [-0.2, 0) is 187 Å². The second-order valence-electron chi connectivity index (χ2n) is 13.4. The molecule has 0 aliphatic carbocycles. The number of aliphatic carboxylic acids is 1. The number of nitrogens with zero attached hydrogens (tertiary/aromatic N) is 15. The summed E-state index contributed by atoms with van der Waals surface area (Å²) in [4.78, 5) is 111. The first-order valence-electron chi connectivity index (χ1n) is 20.5. The summed E-state index contributed by atoms with van der Waals surface area (Å²) in [6.07, 6.45) is 5.98. The number of carboxylic acids is 1. The molecule has 0 aromatic carbocycles. The molecule has 3 unspecified atom stereocenters. The van der Waals surface area contributed by atoms with Crippen LogP contribution in [0.4, 0.5) is 0 Å². The molecule has 435 valence electrons. The third-order valence-electron chi connectivity index (χ3n) is 8.06. The summed E-state index contributed by atoms with van der Waals surface area (Å²) in [5, 5.41) is 38.6. The SMILES string of the molecule is C.CC(Sc1nc2[n-]ncc2c(=O)[nH]1)C(=O)O.CCOC(=O)C(C)S.CCOC(=O)C(C)Sc1nc2[n-]ncc2c(=O)[nH]1.Clc1nc(Cl)c2cn[n-]c2n1.O=Cc1c(Cl)nc(Cl)nc1Cl.O=c1[nH]c(Cl)nc2[n-]ncc12.[NH-]N.[Y].[Y].[Y].[Y].[Y]. The number of nitrogens with two attached hydrogens (primary N) is 1. The van der Waals surface area contributed by atoms with Crippen LogP contribution in [0, 0.1) is 0 Å². The van der Waals surface area contributed by atoms with Crippen LogP contribution in [0.5, 0.6) is 0 Å². The first-order chi connectivity index (χ1) is 36.6. The molecule has 9 aromatic heterocycles. The Balaban J connectivity index is -0.000000449. The molecule has 0 aliphatic heterocycles. The summed E-state index contributed by atoms with van der Waals surface area (Å²) in [5.74, 6) is 7.43. The van der Waals surface area contributed by atoms with Crippen LogP contribution < -0.4 is 42.9 Å². The minimum absolute atomic E-state index is 0. The monoisotopic (exact) mass is 1700 g/mol. The van der Waals surface area contributed by atoms with Crippen molar-refractivity contribution in [3.05, 3.63) is 98.6 Å². The number of rotatable bonds is 10. The summed E-state index contributed by atoms with van der Waals surface area (Å²) in [7, 11) is 0. The Morgan fingerprint density at radius 2 is 0.952 bits per heavy atom. The van der Waals surface area contributed by atoms with Gasteiger partial charge in [0.2, 0.25) is 5.28 Å². The molecule has 30 nitrogen and oxygen atoms in total. The number of carbonyl (C=O) groups is 4. The Morgan fingerprint density at radius 3 is 1.34 bits per heavy atom. The average molecular weight is 1700 g/mol. The number of carbonyl (C=O) groups excluding carboxylic acids is 3. The van der Waals surface area contributed by atoms with E-state index in [0.717, 1.165) is 23.5 Å². The van der Waals surface area contributed by atoms with Gasteiger partial charge in [-0.05, 0) is 68.8 Å². The maximum absolute atomic E-state index is 11.6. The summed E-state index contributed by atoms with van der Waals surface area (Å²) < 4.78 is 9.46. The topological polar surface area (TPSA) is 454 Å². The Hall–Kier alpha value is -1.01. The normalized spacial score (nSPS) is 10.6. The van der Waals surface area contributed by atoms with E-state index in [1.807, 2.05) is 0 Å². The van der Waals surface area contributed by atoms with E-state index >= 15 is 0 Å². The van der Waals surface area contributed by atoms with Crippen molar-refractivity contribution in [2.24, 2.45) is 5.84 Å². The Morgan fingerprint density at radius 1 is 0.602 bits per heavy atom. The fraction of sp³-hybridized carbons (Fsp3) is 0.282. The molecule has 7 N–H and O–H groups in total. The summed E-state index contributed by atoms with van der Waals surface area (Å²) in [6, 6.07) is 0. The molecular weight excluding hydrogens is 1660 g/mol. The molecule has 0 saturated carbocycles. The van der Waals surface area contributed by atoms with Gasteiger partial charge in [-0.2, -0.15) is 12.6 Å². The molecule has 0 fully saturated rings. The van der Waals surface area contributed by atoms with Gasteiger partial charge in [-0.1, -0.05) is 89.0 Å². The molecule has 83 heavy (non-hydrogen) atoms. The quantitative estimate of drug-likeness (QED) is 0.0153. The van der Waals surface area contributed by atoms with Crippen LogP contribution >= 0.6 is 106 Å². The number of carboxylic acid groups (broad SMARTS) is 1. The average Bonchev–Trinajstić information content (AvgIpc) is 4.22. The van der Waals surface area contributed by atoms with E-state index in [9.17, 15) is 33.6 Å². The van der Waals surface area contributed by atoms with Crippen LogP contribution in [0.1, 0.15) is 52.4 Å². The number of esters is 2. The maximum Gasteiger partial charge on any atom is 0.319 e. The molecule has 3 atom stereocenters. The number of nitrogens with one attached hydrogen (secondary N) is 4. The predicted octanol–water partition coefficient (Wildman–Crippen LogP) is 5.03. The molecule has 9 aromatic rings. The number of hydrogen-bond donors (Lipinski definition) is 6. The van der Waals surface area contributed by atoms with E-state index in [2.05, 4.69) is 114 Å². The van der Waals surface area contributed by atoms with Crippen LogP contribution in [-0.4, -0.2) is 128 Å². The second-order valence-corrected chi connectivity index (χ2v) is 18.9. The largest absolute Gasteiger partial charge is 0.615 e. The smallest absolute Gasteiger partial charge is 0.319 e. The molecule has 0 aliphatic rings. The number of thioether (sulfide) groups is 2. The van der Waals surface area contributed by atoms with E-state index in [-0.39, 0.29) is 264 Å². The van der Waals surface area contributed by atoms with E-state index < -0.39 is 16.5 Å². The van der Waals surface area contributed by atoms with Crippen molar-refractivity contribution in [1.82, 2.24) is 90.6 Å². The van der Waals surface area contributed by atoms with Gasteiger partial charge < -0.3 is 81.5 Å². The van der Waals surface area contributed by atoms with Crippen LogP contribution in [0.15, 0.2) is 49.5 Å². The number of aromatic nitrogens is 18. The molecule has 5 radical (unpaired) electrons. The third-order valence-corrected chi connectivity index (χ3v) is 11.6. The number of hydrogen-bond acceptors (Lipinski definition) is 24. The van der Waals surface area contributed by atoms with Gasteiger partial charge in [-0.25, -0.2) is 15.0 Å². The van der Waals surface area contributed by atoms with E-state index in [0.29, 0.717) is 51.8 Å². The molecule has 9 heterocycles. The number of thiol groups is 1. The minimum atomic E-state index is -0.971. The first-order valence-corrected chi connectivity index (χ1v) is 25.1. The van der Waals surface area contributed by atoms with Gasteiger partial charge in [0.15, 0.2) is 6.29 Å². The number of aromatic amines is 3. The Kier molecular flexibility index (Phi) is 49.1. The van der Waals surface area contributed by atoms with Crippen molar-refractivity contribution in [2.45, 2.75) is 68.1 Å². The second kappa shape index (κ2) is 46.1. The zero-order chi connectivity index (χ0) is 57.5. The van der Waals surface area contributed by atoms with Crippen molar-refractivity contribution >= 4 is 174 Å². The molecule has 44 heteroatoms. The molecule has 0 saturated heterocycles. The molecule has 0 amide bonds. The van der Waals surface area contributed by atoms with Gasteiger partial charge in [-0.15, -0.1) is 0 Å². The minimum Gasteiger partial charge on any atom is -0.615 e. The molecular formula is C39H39Cl6N20O10S3Y5-5. The molecule has 0 spiro atoms. The van der Waals surface area contributed by atoms with Crippen LogP contribution in [0.25, 0.3) is 50.0 Å². The number of fused-ring (bicyclic) bond motifs is 4. The third kappa shape index (κ3) is 29.5. The first kappa shape index (κ1) is 88.4. The van der Waals surface area contributed by atoms with Gasteiger partial charge in [0, 0.05) is 194 Å². The van der Waals surface area contributed by atoms with Crippen LogP contribution in [0.3, 0.4) is 0 Å². The number of H-pyrrole nitrogens is 3. The fourth-order valence-corrected chi connectivity index (χ4v) is 7.55. The Labute approximate surface area is 638 Å². The van der Waals surface area contributed by atoms with Crippen LogP contribution in [0.2, 0.25) is 31.3 Å². The van der Waals surface area contributed by atoms with Gasteiger partial charge in [-0.3, -0.25) is 54.0 Å². The standard InChI is InChI=1S/C10H12N4O3S.C8H8N4O3S.C5HCl3N2O.C5HCl2N4.C5H3ClN4O.C5H10O2S.CH4.H3N2.5Y/c1-3-17-9(16)5(2)18-10-12-7-6(4-11-14-7)8(15)13-10;1-3(7(14)15)16-8-10-5-4(2-9-12-5)6(13)11-8;6-3-2(1-11)4(7)10-5(8)9-3;6-3-2-1-8-11-4(2)10-5(7)9-3;6-5-8-3-2(1-7-10-3)4(11)9-5;1-3-7-5(6)4(2)8;;1-2;;;;;/h4-5H,3H2,1-2H3,(H2,11,12,13,14,15);2-3H,1H3,(H3,9,10,11,12,13,14,15);2*1H;1H,(H2,7,8,9,10,11);4,8H,3H2,1-2H3;1H4;1H,2H2;;;;;/q;;;-1;;;;-1;;;;;/p-3. The summed E-state index contributed by atoms with van der Waals surface area (Å²) >= 11 is 38.9. The van der Waals surface area contributed by atoms with E-state index in [1.54, 1.807) is 27.7 Å². The zero-order valence-corrected chi connectivity index (χ0v) is 63.6. The molecule has 9 rings (SSSR count). The zero-order valence-electron chi connectivity index (χ0n) is 42.4. The fourth-order valence-electron chi connectivity index (χ4n) is 4.64. The summed E-state index contributed by atoms with van der Waals surface area (Å²) in [5.41, 5.74) is 0.260. The van der Waals surface area contributed by atoms with E-state index in [4.69, 9.17) is 85.3 Å². The maximum atomic E-state index is 11.6. The Bertz CT molecular complexity index is 3600. The molecule has 0 bridgehead atoms. The van der Waals surface area contributed by atoms with Crippen molar-refractivity contribution in [3.8, 4) is 0 Å². The van der Waals surface area contributed by atoms with Crippen molar-refractivity contribution in [2.75, 3.05) is 13.2 Å². The van der Waals surface area contributed by atoms with Gasteiger partial charge in [0.1, 0.15) is 31.2 Å². The van der Waals surface area contributed by atoms with Crippen molar-refractivity contribution in [1.29, 1.82) is 0 Å². The van der Waals surface area contributed by atoms with Crippen molar-refractivity contribution in [3.63, 3.8) is 0 Å². The van der Waals surface area contributed by atoms with Gasteiger partial charge in [0.05, 0.1) is 55.8 Å². The summed E-state index contributed by atoms with van der Waals surface area (Å²) in [6.45, 7) is 9.14. The van der Waals surface area contributed by atoms with Gasteiger partial charge >= 0.3 is 17.9 Å². The van der Waals surface area contributed by atoms with E-state index in [1.165, 1.54) is 31.7 Å². The van der Waals surface area contributed by atoms with Crippen molar-refractivity contribution < 1.29 is 197 Å². The van der Waals surface area contributed by atoms with Gasteiger partial charge in [0.25, 0.3) is 16.7 Å². The number of ether oxygens (including phenoxy) is 2. The predicted molar refractivity (Wildman–Crippen MR) is 294 cm³/mol.